The van der Waals surface area contributed by atoms with Gasteiger partial charge in [-0.25, -0.2) is 0 Å². The number of hydrogen-bond acceptors (Lipinski definition) is 4. The molecule has 0 atom stereocenters. The SMILES string of the molecule is CC(C)C[Si](CC(C)C)(CC(C)C)c1ccc2c(c1)sc1c(-c3[c-]c4ccccc4c(C(C)(C)C)c3)nccc12.CCC(C)(CC)C(=O)/C=C(\O)C(C)(CC)CC.[Ir]. The van der Waals surface area contributed by atoms with Gasteiger partial charge in [-0.1, -0.05) is 168 Å². The van der Waals surface area contributed by atoms with Crippen molar-refractivity contribution < 1.29 is 30.0 Å². The molecule has 0 fully saturated rings. The Labute approximate surface area is 371 Å². The quantitative estimate of drug-likeness (QED) is 0.0492. The normalized spacial score (nSPS) is 13.1. The van der Waals surface area contributed by atoms with Crippen LogP contribution < -0.4 is 5.19 Å². The fraction of sp³-hybridized carbons (Fsp3) is 0.538. The van der Waals surface area contributed by atoms with E-state index in [4.69, 9.17) is 4.98 Å². The zero-order valence-corrected chi connectivity index (χ0v) is 42.8. The number of hydrogen-bond donors (Lipinski definition) is 1. The van der Waals surface area contributed by atoms with Crippen molar-refractivity contribution in [3.05, 3.63) is 84.3 Å². The molecule has 0 aliphatic rings. The summed E-state index contributed by atoms with van der Waals surface area (Å²) in [6.07, 6.45) is 6.75. The summed E-state index contributed by atoms with van der Waals surface area (Å²) in [7, 11) is -1.68. The average molecular weight is 998 g/mol. The number of nitrogens with zero attached hydrogens (tertiary/aromatic N) is 1. The van der Waals surface area contributed by atoms with E-state index in [2.05, 4.69) is 123 Å². The molecule has 0 amide bonds. The first kappa shape index (κ1) is 49.7. The Morgan fingerprint density at radius 1 is 0.759 bits per heavy atom. The molecular formula is C52H74IrNO2SSi-. The number of aliphatic hydroxyl groups excluding tert-OH is 1. The van der Waals surface area contributed by atoms with Crippen LogP contribution in [0.5, 0.6) is 0 Å². The number of ketones is 1. The summed E-state index contributed by atoms with van der Waals surface area (Å²) in [6.45, 7) is 33.5. The fourth-order valence-electron chi connectivity index (χ4n) is 8.83. The van der Waals surface area contributed by atoms with Gasteiger partial charge in [0.15, 0.2) is 5.78 Å². The Morgan fingerprint density at radius 2 is 1.31 bits per heavy atom. The Kier molecular flexibility index (Phi) is 17.4. The van der Waals surface area contributed by atoms with E-state index in [1.54, 1.807) is 5.19 Å². The molecule has 0 bridgehead atoms. The Hall–Kier alpha value is -2.63. The molecule has 0 aliphatic heterocycles. The zero-order valence-electron chi connectivity index (χ0n) is 38.6. The van der Waals surface area contributed by atoms with E-state index in [-0.39, 0.29) is 47.9 Å². The molecule has 0 spiro atoms. The second kappa shape index (κ2) is 20.3. The minimum absolute atomic E-state index is 0. The van der Waals surface area contributed by atoms with Crippen LogP contribution in [0.15, 0.2) is 72.6 Å². The predicted octanol–water partition coefficient (Wildman–Crippen LogP) is 15.6. The molecule has 5 aromatic rings. The number of thiophene rings is 1. The van der Waals surface area contributed by atoms with E-state index in [0.717, 1.165) is 54.7 Å². The summed E-state index contributed by atoms with van der Waals surface area (Å²) >= 11 is 1.93. The summed E-state index contributed by atoms with van der Waals surface area (Å²) in [5.41, 5.74) is 2.94. The van der Waals surface area contributed by atoms with Crippen molar-refractivity contribution in [2.24, 2.45) is 28.6 Å². The molecule has 3 aromatic carbocycles. The van der Waals surface area contributed by atoms with Gasteiger partial charge >= 0.3 is 0 Å². The largest absolute Gasteiger partial charge is 0.512 e. The molecule has 3 nitrogen and oxygen atoms in total. The van der Waals surface area contributed by atoms with Crippen LogP contribution in [0.3, 0.4) is 0 Å². The van der Waals surface area contributed by atoms with Crippen LogP contribution in [0.4, 0.5) is 0 Å². The minimum atomic E-state index is -1.68. The molecule has 319 valence electrons. The molecule has 0 saturated carbocycles. The maximum absolute atomic E-state index is 12.2. The number of benzene rings is 3. The molecule has 0 aliphatic carbocycles. The van der Waals surface area contributed by atoms with E-state index in [0.29, 0.717) is 0 Å². The van der Waals surface area contributed by atoms with Crippen molar-refractivity contribution in [2.45, 2.75) is 153 Å². The number of fused-ring (bicyclic) bond motifs is 4. The smallest absolute Gasteiger partial charge is 0.164 e. The van der Waals surface area contributed by atoms with Gasteiger partial charge in [-0.3, -0.25) is 9.78 Å². The van der Waals surface area contributed by atoms with Crippen LogP contribution in [0.2, 0.25) is 18.1 Å². The Morgan fingerprint density at radius 3 is 1.83 bits per heavy atom. The first-order valence-corrected chi connectivity index (χ1v) is 25.3. The summed E-state index contributed by atoms with van der Waals surface area (Å²) < 4.78 is 2.69. The molecular weight excluding hydrogens is 923 g/mol. The standard InChI is InChI=1S/C37H46NSSi.C15H28O2.Ir/c1-24(2)21-40(22-25(3)4,23-26(5)6)29-14-15-31-32-16-17-38-35(36(32)39-34(31)20-29)28-18-27-12-10-11-13-30(27)33(19-28)37(7,8)9;1-7-14(5,8-2)12(16)11-13(17)15(6,9-3)10-4;/h10-17,19-20,24-26H,21-23H2,1-9H3;11,16H,7-10H2,1-6H3;/q-1;;/b;12-11-;. The van der Waals surface area contributed by atoms with Crippen LogP contribution in [0.1, 0.15) is 135 Å². The number of carbonyl (C=O) groups excluding carboxylic acids is 1. The first-order valence-electron chi connectivity index (χ1n) is 21.9. The number of carbonyl (C=O) groups is 1. The van der Waals surface area contributed by atoms with Crippen LogP contribution in [-0.2, 0) is 30.3 Å². The van der Waals surface area contributed by atoms with Gasteiger partial charge in [0.25, 0.3) is 0 Å². The third kappa shape index (κ3) is 11.2. The Balaban J connectivity index is 0.000000425. The van der Waals surface area contributed by atoms with Crippen molar-refractivity contribution in [1.29, 1.82) is 0 Å². The van der Waals surface area contributed by atoms with Gasteiger partial charge in [-0.2, -0.15) is 0 Å². The minimum Gasteiger partial charge on any atom is -0.512 e. The molecule has 6 heteroatoms. The van der Waals surface area contributed by atoms with Gasteiger partial charge in [0.05, 0.1) is 8.07 Å². The van der Waals surface area contributed by atoms with E-state index in [1.165, 1.54) is 60.7 Å². The van der Waals surface area contributed by atoms with Crippen molar-refractivity contribution in [2.75, 3.05) is 0 Å². The van der Waals surface area contributed by atoms with Gasteiger partial charge < -0.3 is 5.11 Å². The van der Waals surface area contributed by atoms with E-state index < -0.39 is 8.07 Å². The summed E-state index contributed by atoms with van der Waals surface area (Å²) in [6, 6.07) is 28.6. The number of aromatic nitrogens is 1. The number of rotatable bonds is 15. The van der Waals surface area contributed by atoms with Gasteiger partial charge in [-0.15, -0.1) is 40.5 Å². The monoisotopic (exact) mass is 997 g/mol. The third-order valence-corrected chi connectivity index (χ3v) is 20.3. The second-order valence-electron chi connectivity index (χ2n) is 19.7. The van der Waals surface area contributed by atoms with Crippen LogP contribution in [0.25, 0.3) is 42.2 Å². The van der Waals surface area contributed by atoms with Crippen LogP contribution in [-0.4, -0.2) is 23.9 Å². The number of allylic oxidation sites excluding steroid dienone is 2. The summed E-state index contributed by atoms with van der Waals surface area (Å²) in [5.74, 6) is 2.45. The van der Waals surface area contributed by atoms with Crippen LogP contribution in [0, 0.1) is 34.7 Å². The molecule has 2 aromatic heterocycles. The van der Waals surface area contributed by atoms with E-state index in [1.807, 2.05) is 59.1 Å². The molecule has 0 unspecified atom stereocenters. The van der Waals surface area contributed by atoms with Gasteiger partial charge in [0.1, 0.15) is 5.76 Å². The van der Waals surface area contributed by atoms with Crippen molar-refractivity contribution in [1.82, 2.24) is 4.98 Å². The molecule has 5 rings (SSSR count). The Bertz CT molecular complexity index is 2140. The van der Waals surface area contributed by atoms with Gasteiger partial charge in [0.2, 0.25) is 0 Å². The number of pyridine rings is 1. The maximum Gasteiger partial charge on any atom is 0.164 e. The van der Waals surface area contributed by atoms with Crippen molar-refractivity contribution >= 4 is 61.3 Å². The van der Waals surface area contributed by atoms with Crippen LogP contribution >= 0.6 is 11.3 Å². The van der Waals surface area contributed by atoms with Crippen molar-refractivity contribution in [3.8, 4) is 11.3 Å². The number of aliphatic hydroxyl groups is 1. The predicted molar refractivity (Wildman–Crippen MR) is 255 cm³/mol. The zero-order chi connectivity index (χ0) is 42.5. The average Bonchev–Trinajstić information content (AvgIpc) is 3.54. The van der Waals surface area contributed by atoms with E-state index in [9.17, 15) is 9.90 Å². The van der Waals surface area contributed by atoms with Gasteiger partial charge in [-0.05, 0) is 71.8 Å². The van der Waals surface area contributed by atoms with E-state index >= 15 is 0 Å². The molecule has 1 radical (unpaired) electrons. The third-order valence-electron chi connectivity index (χ3n) is 12.8. The topological polar surface area (TPSA) is 50.2 Å². The van der Waals surface area contributed by atoms with Crippen molar-refractivity contribution in [3.63, 3.8) is 0 Å². The molecule has 2 heterocycles. The second-order valence-corrected chi connectivity index (χ2v) is 25.2. The summed E-state index contributed by atoms with van der Waals surface area (Å²) in [5, 5.41) is 16.9. The first-order chi connectivity index (χ1) is 26.7. The van der Waals surface area contributed by atoms with Gasteiger partial charge in [0, 0.05) is 58.3 Å². The fourth-order valence-corrected chi connectivity index (χ4v) is 17.0. The molecule has 0 saturated heterocycles. The molecule has 58 heavy (non-hydrogen) atoms. The molecule has 1 N–H and O–H groups in total. The maximum atomic E-state index is 12.2. The summed E-state index contributed by atoms with van der Waals surface area (Å²) in [4.78, 5) is 17.2.